The number of halogens is 1. The third kappa shape index (κ3) is 5.73. The van der Waals surface area contributed by atoms with Crippen LogP contribution in [0.3, 0.4) is 0 Å². The van der Waals surface area contributed by atoms with Gasteiger partial charge in [-0.3, -0.25) is 9.52 Å². The van der Waals surface area contributed by atoms with Crippen molar-refractivity contribution in [1.82, 2.24) is 9.55 Å². The van der Waals surface area contributed by atoms with E-state index in [2.05, 4.69) is 9.71 Å². The van der Waals surface area contributed by atoms with E-state index in [1.165, 1.54) is 12.1 Å². The van der Waals surface area contributed by atoms with E-state index in [9.17, 15) is 17.6 Å². The van der Waals surface area contributed by atoms with Crippen molar-refractivity contribution in [2.45, 2.75) is 51.2 Å². The number of benzene rings is 2. The first-order valence-corrected chi connectivity index (χ1v) is 11.6. The Labute approximate surface area is 187 Å². The van der Waals surface area contributed by atoms with Crippen molar-refractivity contribution in [3.63, 3.8) is 0 Å². The Balaban J connectivity index is 1.95. The number of carbonyl (C=O) groups is 1. The van der Waals surface area contributed by atoms with Crippen LogP contribution in [0.15, 0.2) is 53.4 Å². The Morgan fingerprint density at radius 2 is 1.88 bits per heavy atom. The number of hydrogen-bond donors (Lipinski definition) is 1. The molecule has 0 amide bonds. The third-order valence-corrected chi connectivity index (χ3v) is 5.76. The van der Waals surface area contributed by atoms with Crippen LogP contribution < -0.4 is 4.72 Å². The Morgan fingerprint density at radius 1 is 1.19 bits per heavy atom. The van der Waals surface area contributed by atoms with Crippen LogP contribution in [-0.4, -0.2) is 29.5 Å². The maximum atomic E-state index is 13.1. The van der Waals surface area contributed by atoms with Crippen LogP contribution in [-0.2, 0) is 26.1 Å². The molecule has 3 rings (SSSR count). The maximum absolute atomic E-state index is 13.1. The summed E-state index contributed by atoms with van der Waals surface area (Å²) in [6.45, 7) is 7.36. The van der Waals surface area contributed by atoms with Gasteiger partial charge in [0.15, 0.2) is 0 Å². The van der Waals surface area contributed by atoms with E-state index in [0.717, 1.165) is 18.6 Å². The molecular weight excluding hydrogens is 433 g/mol. The predicted molar refractivity (Wildman–Crippen MR) is 122 cm³/mol. The minimum Gasteiger partial charge on any atom is -0.459 e. The normalized spacial score (nSPS) is 12.4. The van der Waals surface area contributed by atoms with Crippen LogP contribution in [0, 0.1) is 5.82 Å². The highest BCUT2D eigenvalue weighted by Crippen LogP contribution is 2.24. The third-order valence-electron chi connectivity index (χ3n) is 4.36. The van der Waals surface area contributed by atoms with E-state index in [4.69, 9.17) is 4.74 Å². The van der Waals surface area contributed by atoms with E-state index >= 15 is 0 Å². The number of rotatable bonds is 7. The van der Waals surface area contributed by atoms with Gasteiger partial charge in [-0.15, -0.1) is 0 Å². The van der Waals surface area contributed by atoms with Crippen LogP contribution in [0.2, 0.25) is 0 Å². The average molecular weight is 460 g/mol. The largest absolute Gasteiger partial charge is 0.459 e. The number of nitrogens with zero attached hydrogens (tertiary/aromatic N) is 2. The molecule has 2 aromatic carbocycles. The monoisotopic (exact) mass is 459 g/mol. The predicted octanol–water partition coefficient (Wildman–Crippen LogP) is 4.74. The summed E-state index contributed by atoms with van der Waals surface area (Å²) in [6.07, 6.45) is 4.52. The number of fused-ring (bicyclic) bond motifs is 1. The summed E-state index contributed by atoms with van der Waals surface area (Å²) < 4.78 is 48.0. The molecule has 0 bridgehead atoms. The fourth-order valence-corrected chi connectivity index (χ4v) is 4.11. The fourth-order valence-electron chi connectivity index (χ4n) is 3.06. The van der Waals surface area contributed by atoms with Gasteiger partial charge in [-0.2, -0.15) is 0 Å². The van der Waals surface area contributed by atoms with Gasteiger partial charge in [0.2, 0.25) is 0 Å². The van der Waals surface area contributed by atoms with Gasteiger partial charge in [0, 0.05) is 0 Å². The number of imidazole rings is 1. The second-order valence-electron chi connectivity index (χ2n) is 8.22. The minimum atomic E-state index is -3.89. The summed E-state index contributed by atoms with van der Waals surface area (Å²) >= 11 is 0. The smallest absolute Gasteiger partial charge is 0.326 e. The summed E-state index contributed by atoms with van der Waals surface area (Å²) in [4.78, 5) is 16.9. The first-order chi connectivity index (χ1) is 15.0. The van der Waals surface area contributed by atoms with Crippen LogP contribution in [0.1, 0.15) is 39.9 Å². The summed E-state index contributed by atoms with van der Waals surface area (Å²) in [7, 11) is -3.89. The topological polar surface area (TPSA) is 90.3 Å². The number of ether oxygens (including phenoxy) is 1. The average Bonchev–Trinajstić information content (AvgIpc) is 3.01. The van der Waals surface area contributed by atoms with Crippen molar-refractivity contribution in [3.8, 4) is 0 Å². The zero-order chi connectivity index (χ0) is 23.5. The lowest BCUT2D eigenvalue weighted by Crippen LogP contribution is -2.26. The standard InChI is InChI=1S/C23H26FN3O4S/c1-5-6-7-21-25-19-14-17(26-32(29,30)18-11-8-16(24)9-12-18)10-13-20(19)27(21)15-22(28)31-23(2,3)4/h6-14,26H,5,15H2,1-4H3/b7-6+. The summed E-state index contributed by atoms with van der Waals surface area (Å²) in [5.74, 6) is -0.358. The van der Waals surface area contributed by atoms with Gasteiger partial charge in [-0.25, -0.2) is 17.8 Å². The molecule has 0 aliphatic heterocycles. The van der Waals surface area contributed by atoms with E-state index in [1.807, 2.05) is 19.1 Å². The van der Waals surface area contributed by atoms with E-state index in [0.29, 0.717) is 22.5 Å². The SMILES string of the molecule is CC/C=C/c1nc2cc(NS(=O)(=O)c3ccc(F)cc3)ccc2n1CC(=O)OC(C)(C)C. The molecular formula is C23H26FN3O4S. The van der Waals surface area contributed by atoms with E-state index < -0.39 is 27.4 Å². The lowest BCUT2D eigenvalue weighted by Gasteiger charge is -2.20. The molecule has 1 aromatic heterocycles. The van der Waals surface area contributed by atoms with Gasteiger partial charge in [0.25, 0.3) is 10.0 Å². The molecule has 32 heavy (non-hydrogen) atoms. The zero-order valence-corrected chi connectivity index (χ0v) is 19.2. The Bertz CT molecular complexity index is 1260. The molecule has 9 heteroatoms. The van der Waals surface area contributed by atoms with Crippen molar-refractivity contribution in [1.29, 1.82) is 0 Å². The number of allylic oxidation sites excluding steroid dienone is 1. The fraction of sp³-hybridized carbons (Fsp3) is 0.304. The lowest BCUT2D eigenvalue weighted by molar-refractivity contribution is -0.155. The molecule has 1 heterocycles. The Hall–Kier alpha value is -3.20. The highest BCUT2D eigenvalue weighted by atomic mass is 32.2. The van der Waals surface area contributed by atoms with Crippen LogP contribution in [0.5, 0.6) is 0 Å². The number of esters is 1. The highest BCUT2D eigenvalue weighted by molar-refractivity contribution is 7.92. The van der Waals surface area contributed by atoms with Crippen LogP contribution >= 0.6 is 0 Å². The van der Waals surface area contributed by atoms with Crippen molar-refractivity contribution >= 4 is 38.8 Å². The van der Waals surface area contributed by atoms with Gasteiger partial charge in [0.1, 0.15) is 23.8 Å². The molecule has 0 atom stereocenters. The van der Waals surface area contributed by atoms with Crippen LogP contribution in [0.4, 0.5) is 10.1 Å². The van der Waals surface area contributed by atoms with Crippen molar-refractivity contribution < 1.29 is 22.3 Å². The summed E-state index contributed by atoms with van der Waals surface area (Å²) in [5, 5.41) is 0. The Morgan fingerprint density at radius 3 is 2.50 bits per heavy atom. The van der Waals surface area contributed by atoms with Crippen molar-refractivity contribution in [2.24, 2.45) is 0 Å². The molecule has 0 aliphatic carbocycles. The quantitative estimate of drug-likeness (QED) is 0.516. The molecule has 3 aromatic rings. The molecule has 1 N–H and O–H groups in total. The molecule has 7 nitrogen and oxygen atoms in total. The Kier molecular flexibility index (Phi) is 6.68. The van der Waals surface area contributed by atoms with Gasteiger partial charge >= 0.3 is 5.97 Å². The number of sulfonamides is 1. The highest BCUT2D eigenvalue weighted by Gasteiger charge is 2.20. The number of carbonyl (C=O) groups excluding carboxylic acids is 1. The second-order valence-corrected chi connectivity index (χ2v) is 9.90. The first kappa shape index (κ1) is 23.5. The number of nitrogens with one attached hydrogen (secondary N) is 1. The second kappa shape index (κ2) is 9.12. The zero-order valence-electron chi connectivity index (χ0n) is 18.4. The molecule has 0 spiro atoms. The summed E-state index contributed by atoms with van der Waals surface area (Å²) in [6, 6.07) is 9.43. The van der Waals surface area contributed by atoms with E-state index in [1.54, 1.807) is 43.5 Å². The molecule has 0 unspecified atom stereocenters. The number of anilines is 1. The van der Waals surface area contributed by atoms with Gasteiger partial charge in [0.05, 0.1) is 21.6 Å². The molecule has 0 radical (unpaired) electrons. The lowest BCUT2D eigenvalue weighted by atomic mass is 10.2. The number of hydrogen-bond acceptors (Lipinski definition) is 5. The van der Waals surface area contributed by atoms with Crippen LogP contribution in [0.25, 0.3) is 17.1 Å². The van der Waals surface area contributed by atoms with Crippen molar-refractivity contribution in [2.75, 3.05) is 4.72 Å². The molecule has 0 saturated heterocycles. The minimum absolute atomic E-state index is 0.0299. The van der Waals surface area contributed by atoms with Crippen molar-refractivity contribution in [3.05, 3.63) is 60.2 Å². The molecule has 0 saturated carbocycles. The number of aromatic nitrogens is 2. The molecule has 0 fully saturated rings. The van der Waals surface area contributed by atoms with Gasteiger partial charge in [-0.1, -0.05) is 13.0 Å². The van der Waals surface area contributed by atoms with E-state index in [-0.39, 0.29) is 11.4 Å². The van der Waals surface area contributed by atoms with Gasteiger partial charge < -0.3 is 9.30 Å². The summed E-state index contributed by atoms with van der Waals surface area (Å²) in [5.41, 5.74) is 0.869. The maximum Gasteiger partial charge on any atom is 0.326 e. The molecule has 0 aliphatic rings. The van der Waals surface area contributed by atoms with Gasteiger partial charge in [-0.05, 0) is 75.7 Å². The molecule has 170 valence electrons. The first-order valence-electron chi connectivity index (χ1n) is 10.2.